The summed E-state index contributed by atoms with van der Waals surface area (Å²) in [6.07, 6.45) is 0. The van der Waals surface area contributed by atoms with Gasteiger partial charge in [-0.3, -0.25) is 0 Å². The highest BCUT2D eigenvalue weighted by Crippen LogP contribution is 2.37. The number of hydrogen-bond acceptors (Lipinski definition) is 2. The van der Waals surface area contributed by atoms with Crippen LogP contribution in [0.15, 0.2) is 97.1 Å². The van der Waals surface area contributed by atoms with Gasteiger partial charge >= 0.3 is 0 Å². The third-order valence-corrected chi connectivity index (χ3v) is 5.64. The Kier molecular flexibility index (Phi) is 4.96. The molecule has 0 atom stereocenters. The van der Waals surface area contributed by atoms with Crippen molar-refractivity contribution >= 4 is 34.0 Å². The third kappa shape index (κ3) is 3.56. The van der Waals surface area contributed by atoms with Crippen LogP contribution in [0, 0.1) is 0 Å². The molecule has 0 saturated heterocycles. The van der Waals surface area contributed by atoms with E-state index in [9.17, 15) is 0 Å². The van der Waals surface area contributed by atoms with Crippen molar-refractivity contribution in [3.8, 4) is 33.6 Å². The Morgan fingerprint density at radius 1 is 0.533 bits per heavy atom. The summed E-state index contributed by atoms with van der Waals surface area (Å²) in [7, 11) is 0. The van der Waals surface area contributed by atoms with Crippen molar-refractivity contribution in [2.45, 2.75) is 0 Å². The normalized spacial score (nSPS) is 11.0. The Balaban J connectivity index is 1.77. The van der Waals surface area contributed by atoms with E-state index in [0.29, 0.717) is 10.0 Å². The predicted molar refractivity (Wildman–Crippen MR) is 126 cm³/mol. The van der Waals surface area contributed by atoms with Crippen LogP contribution in [0.2, 0.25) is 10.0 Å². The van der Waals surface area contributed by atoms with Crippen LogP contribution in [-0.4, -0.2) is 10.2 Å². The van der Waals surface area contributed by atoms with Crippen molar-refractivity contribution in [1.29, 1.82) is 0 Å². The second-order valence-electron chi connectivity index (χ2n) is 7.03. The molecule has 0 fully saturated rings. The van der Waals surface area contributed by atoms with Crippen LogP contribution in [0.3, 0.4) is 0 Å². The van der Waals surface area contributed by atoms with Crippen LogP contribution in [0.1, 0.15) is 0 Å². The summed E-state index contributed by atoms with van der Waals surface area (Å²) < 4.78 is 0. The van der Waals surface area contributed by atoms with E-state index in [1.165, 1.54) is 10.8 Å². The molecule has 1 aromatic heterocycles. The van der Waals surface area contributed by atoms with Gasteiger partial charge in [0, 0.05) is 26.7 Å². The molecule has 0 aliphatic heterocycles. The molecular formula is C26H16Cl2N2. The number of halogens is 2. The first-order valence-corrected chi connectivity index (χ1v) is 10.3. The van der Waals surface area contributed by atoms with Crippen molar-refractivity contribution in [3.05, 3.63) is 107 Å². The third-order valence-electron chi connectivity index (χ3n) is 5.13. The van der Waals surface area contributed by atoms with E-state index in [2.05, 4.69) is 58.7 Å². The average molecular weight is 427 g/mol. The molecule has 4 heteroatoms. The largest absolute Gasteiger partial charge is 0.150 e. The highest BCUT2D eigenvalue weighted by molar-refractivity contribution is 6.31. The predicted octanol–water partition coefficient (Wildman–Crippen LogP) is 7.94. The van der Waals surface area contributed by atoms with Crippen LogP contribution in [-0.2, 0) is 0 Å². The van der Waals surface area contributed by atoms with Crippen molar-refractivity contribution in [3.63, 3.8) is 0 Å². The van der Waals surface area contributed by atoms with Gasteiger partial charge in [-0.2, -0.15) is 0 Å². The van der Waals surface area contributed by atoms with Crippen molar-refractivity contribution < 1.29 is 0 Å². The van der Waals surface area contributed by atoms with E-state index in [1.807, 2.05) is 48.5 Å². The molecule has 1 heterocycles. The highest BCUT2D eigenvalue weighted by Gasteiger charge is 2.15. The first-order valence-electron chi connectivity index (χ1n) is 9.57. The van der Waals surface area contributed by atoms with E-state index < -0.39 is 0 Å². The lowest BCUT2D eigenvalue weighted by molar-refractivity contribution is 1.05. The van der Waals surface area contributed by atoms with Gasteiger partial charge in [-0.1, -0.05) is 89.9 Å². The molecule has 30 heavy (non-hydrogen) atoms. The Labute approximate surface area is 184 Å². The van der Waals surface area contributed by atoms with E-state index in [4.69, 9.17) is 23.2 Å². The van der Waals surface area contributed by atoms with E-state index >= 15 is 0 Å². The maximum Gasteiger partial charge on any atom is 0.101 e. The van der Waals surface area contributed by atoms with Gasteiger partial charge in [-0.05, 0) is 46.7 Å². The Hall–Kier alpha value is -3.20. The molecule has 0 radical (unpaired) electrons. The number of aromatic nitrogens is 2. The summed E-state index contributed by atoms with van der Waals surface area (Å²) in [5.41, 5.74) is 5.69. The summed E-state index contributed by atoms with van der Waals surface area (Å²) in [6.45, 7) is 0. The topological polar surface area (TPSA) is 25.8 Å². The zero-order valence-electron chi connectivity index (χ0n) is 15.9. The van der Waals surface area contributed by atoms with E-state index in [-0.39, 0.29) is 0 Å². The summed E-state index contributed by atoms with van der Waals surface area (Å²) in [5, 5.41) is 12.9. The van der Waals surface area contributed by atoms with Gasteiger partial charge in [0.1, 0.15) is 5.69 Å². The lowest BCUT2D eigenvalue weighted by Gasteiger charge is -2.13. The summed E-state index contributed by atoms with van der Waals surface area (Å²) >= 11 is 12.2. The summed E-state index contributed by atoms with van der Waals surface area (Å²) in [5.74, 6) is 0. The Morgan fingerprint density at radius 3 is 1.90 bits per heavy atom. The fraction of sp³-hybridized carbons (Fsp3) is 0. The zero-order chi connectivity index (χ0) is 20.5. The maximum absolute atomic E-state index is 6.11. The SMILES string of the molecule is Clc1ccc(-c2cc(-c3cccc4ccccc34)c(-c3ccc(Cl)cc3)nn2)cc1. The van der Waals surface area contributed by atoms with Crippen LogP contribution < -0.4 is 0 Å². The molecule has 0 aliphatic rings. The molecule has 0 aliphatic carbocycles. The van der Waals surface area contributed by atoms with Crippen molar-refractivity contribution in [1.82, 2.24) is 10.2 Å². The fourth-order valence-corrected chi connectivity index (χ4v) is 3.89. The minimum absolute atomic E-state index is 0.691. The minimum atomic E-state index is 0.691. The van der Waals surface area contributed by atoms with Gasteiger partial charge in [0.2, 0.25) is 0 Å². The van der Waals surface area contributed by atoms with Gasteiger partial charge in [0.25, 0.3) is 0 Å². The summed E-state index contributed by atoms with van der Waals surface area (Å²) in [4.78, 5) is 0. The molecular weight excluding hydrogens is 411 g/mol. The smallest absolute Gasteiger partial charge is 0.101 e. The molecule has 5 aromatic rings. The Morgan fingerprint density at radius 2 is 1.17 bits per heavy atom. The van der Waals surface area contributed by atoms with Gasteiger partial charge in [0.05, 0.1) is 5.69 Å². The van der Waals surface area contributed by atoms with Gasteiger partial charge < -0.3 is 0 Å². The van der Waals surface area contributed by atoms with Crippen molar-refractivity contribution in [2.24, 2.45) is 0 Å². The van der Waals surface area contributed by atoms with Gasteiger partial charge in [-0.25, -0.2) is 0 Å². The number of hydrogen-bond donors (Lipinski definition) is 0. The molecule has 0 spiro atoms. The molecule has 4 aromatic carbocycles. The average Bonchev–Trinajstić information content (AvgIpc) is 2.79. The second-order valence-corrected chi connectivity index (χ2v) is 7.91. The Bertz CT molecular complexity index is 1340. The van der Waals surface area contributed by atoms with Crippen LogP contribution >= 0.6 is 23.2 Å². The second kappa shape index (κ2) is 7.91. The summed E-state index contributed by atoms with van der Waals surface area (Å²) in [6, 6.07) is 32.1. The molecule has 0 unspecified atom stereocenters. The molecule has 0 N–H and O–H groups in total. The zero-order valence-corrected chi connectivity index (χ0v) is 17.4. The lowest BCUT2D eigenvalue weighted by atomic mass is 9.94. The van der Waals surface area contributed by atoms with Crippen molar-refractivity contribution in [2.75, 3.05) is 0 Å². The fourth-order valence-electron chi connectivity index (χ4n) is 3.64. The first kappa shape index (κ1) is 18.8. The van der Waals surface area contributed by atoms with Gasteiger partial charge in [-0.15, -0.1) is 10.2 Å². The molecule has 144 valence electrons. The van der Waals surface area contributed by atoms with Crippen LogP contribution in [0.4, 0.5) is 0 Å². The highest BCUT2D eigenvalue weighted by atomic mass is 35.5. The number of fused-ring (bicyclic) bond motifs is 1. The number of rotatable bonds is 3. The molecule has 2 nitrogen and oxygen atoms in total. The number of benzene rings is 4. The minimum Gasteiger partial charge on any atom is -0.150 e. The molecule has 0 bridgehead atoms. The molecule has 0 amide bonds. The standard InChI is InChI=1S/C26H16Cl2N2/c27-20-12-8-18(9-13-20)25-16-24(23-7-3-5-17-4-1-2-6-22(17)23)26(30-29-25)19-10-14-21(28)15-11-19/h1-16H. The lowest BCUT2D eigenvalue weighted by Crippen LogP contribution is -1.96. The first-order chi connectivity index (χ1) is 14.7. The molecule has 5 rings (SSSR count). The molecule has 0 saturated carbocycles. The van der Waals surface area contributed by atoms with Gasteiger partial charge in [0.15, 0.2) is 0 Å². The van der Waals surface area contributed by atoms with Crippen LogP contribution in [0.25, 0.3) is 44.4 Å². The van der Waals surface area contributed by atoms with E-state index in [0.717, 1.165) is 33.6 Å². The van der Waals surface area contributed by atoms with E-state index in [1.54, 1.807) is 0 Å². The quantitative estimate of drug-likeness (QED) is 0.292. The van der Waals surface area contributed by atoms with Crippen LogP contribution in [0.5, 0.6) is 0 Å². The maximum atomic E-state index is 6.11. The monoisotopic (exact) mass is 426 g/mol. The number of nitrogens with zero attached hydrogens (tertiary/aromatic N) is 2.